The molecular weight excluding hydrogens is 110 g/mol. The molecule has 0 aromatic heterocycles. The van der Waals surface area contributed by atoms with Gasteiger partial charge < -0.3 is 0 Å². The molecule has 0 aliphatic carbocycles. The number of rotatable bonds is 4. The predicted octanol–water partition coefficient (Wildman–Crippen LogP) is 2.45. The van der Waals surface area contributed by atoms with E-state index in [1.807, 2.05) is 6.07 Å². The van der Waals surface area contributed by atoms with Crippen molar-refractivity contribution >= 4 is 0 Å². The van der Waals surface area contributed by atoms with Gasteiger partial charge in [0.15, 0.2) is 0 Å². The lowest BCUT2D eigenvalue weighted by molar-refractivity contribution is 0.720. The Hall–Kier alpha value is -0.770. The zero-order valence-electron chi connectivity index (χ0n) is 5.85. The number of allylic oxidation sites excluding steroid dienone is 1. The minimum absolute atomic E-state index is 0.462. The van der Waals surface area contributed by atoms with E-state index in [2.05, 4.69) is 6.92 Å². The summed E-state index contributed by atoms with van der Waals surface area (Å²) < 4.78 is 0. The van der Waals surface area contributed by atoms with Crippen molar-refractivity contribution in [2.24, 2.45) is 0 Å². The van der Waals surface area contributed by atoms with E-state index < -0.39 is 0 Å². The first kappa shape index (κ1) is 8.23. The Kier molecular flexibility index (Phi) is 4.91. The Labute approximate surface area is 57.0 Å². The number of nitrogens with zero attached hydrogens (tertiary/aromatic N) is 1. The summed E-state index contributed by atoms with van der Waals surface area (Å²) in [7, 11) is 0. The molecule has 0 rings (SSSR count). The van der Waals surface area contributed by atoms with Crippen LogP contribution in [0, 0.1) is 17.9 Å². The molecule has 0 aromatic rings. The summed E-state index contributed by atoms with van der Waals surface area (Å²) >= 11 is 0. The summed E-state index contributed by atoms with van der Waals surface area (Å²) in [4.78, 5) is 0. The molecule has 1 heteroatoms. The van der Waals surface area contributed by atoms with Crippen molar-refractivity contribution in [2.45, 2.75) is 32.6 Å². The van der Waals surface area contributed by atoms with E-state index in [1.165, 1.54) is 12.8 Å². The molecule has 9 heavy (non-hydrogen) atoms. The fourth-order valence-corrected chi connectivity index (χ4v) is 0.621. The zero-order valence-corrected chi connectivity index (χ0v) is 5.85. The molecule has 0 fully saturated rings. The van der Waals surface area contributed by atoms with E-state index >= 15 is 0 Å². The van der Waals surface area contributed by atoms with E-state index in [0.717, 1.165) is 12.8 Å². The smallest absolute Gasteiger partial charge is 0.0947 e. The number of hydrogen-bond donors (Lipinski definition) is 0. The second-order valence-electron chi connectivity index (χ2n) is 2.09. The average Bonchev–Trinajstić information content (AvgIpc) is 1.89. The van der Waals surface area contributed by atoms with Gasteiger partial charge >= 0.3 is 0 Å². The molecule has 0 N–H and O–H groups in total. The van der Waals surface area contributed by atoms with Crippen LogP contribution in [-0.2, 0) is 0 Å². The van der Waals surface area contributed by atoms with E-state index in [-0.39, 0.29) is 0 Å². The maximum absolute atomic E-state index is 8.22. The Balaban J connectivity index is 3.10. The highest BCUT2D eigenvalue weighted by molar-refractivity contribution is 5.12. The molecule has 0 bridgehead atoms. The van der Waals surface area contributed by atoms with Crippen LogP contribution in [0.4, 0.5) is 0 Å². The maximum Gasteiger partial charge on any atom is 0.0947 e. The van der Waals surface area contributed by atoms with Crippen LogP contribution in [0.15, 0.2) is 5.57 Å². The second-order valence-corrected chi connectivity index (χ2v) is 2.09. The van der Waals surface area contributed by atoms with Gasteiger partial charge in [-0.3, -0.25) is 0 Å². The van der Waals surface area contributed by atoms with Crippen LogP contribution >= 0.6 is 0 Å². The van der Waals surface area contributed by atoms with Gasteiger partial charge in [-0.1, -0.05) is 19.8 Å². The molecule has 0 aromatic carbocycles. The third kappa shape index (κ3) is 5.10. The van der Waals surface area contributed by atoms with Crippen LogP contribution in [0.1, 0.15) is 32.6 Å². The summed E-state index contributed by atoms with van der Waals surface area (Å²) in [6.07, 6.45) is 4.17. The van der Waals surface area contributed by atoms with Crippen LogP contribution < -0.4 is 0 Å². The second kappa shape index (κ2) is 5.37. The monoisotopic (exact) mass is 122 g/mol. The summed E-state index contributed by atoms with van der Waals surface area (Å²) in [6.45, 7) is 7.40. The van der Waals surface area contributed by atoms with Crippen molar-refractivity contribution in [1.82, 2.24) is 0 Å². The molecule has 0 heterocycles. The van der Waals surface area contributed by atoms with Gasteiger partial charge in [-0.25, -0.2) is 0 Å². The SMILES string of the molecule is [CH]=C(C#N)CCCCC. The lowest BCUT2D eigenvalue weighted by atomic mass is 10.1. The van der Waals surface area contributed by atoms with Crippen molar-refractivity contribution in [1.29, 1.82) is 5.26 Å². The topological polar surface area (TPSA) is 23.8 Å². The number of unbranched alkanes of at least 4 members (excludes halogenated alkanes) is 2. The summed E-state index contributed by atoms with van der Waals surface area (Å²) in [5.41, 5.74) is 0.462. The first-order valence-electron chi connectivity index (χ1n) is 3.32. The predicted molar refractivity (Wildman–Crippen MR) is 37.6 cm³/mol. The standard InChI is InChI=1S/C8H12N/c1-3-4-5-6-8(2)7-9/h2H,3-6H2,1H3. The third-order valence-corrected chi connectivity index (χ3v) is 1.19. The zero-order chi connectivity index (χ0) is 7.11. The first-order chi connectivity index (χ1) is 4.31. The molecule has 1 nitrogen and oxygen atoms in total. The fraction of sp³-hybridized carbons (Fsp3) is 0.625. The van der Waals surface area contributed by atoms with Crippen LogP contribution in [0.2, 0.25) is 0 Å². The molecule has 1 radical (unpaired) electrons. The fourth-order valence-electron chi connectivity index (χ4n) is 0.621. The Morgan fingerprint density at radius 1 is 1.56 bits per heavy atom. The summed E-state index contributed by atoms with van der Waals surface area (Å²) in [5, 5.41) is 8.22. The molecule has 0 amide bonds. The van der Waals surface area contributed by atoms with Gasteiger partial charge in [-0.05, 0) is 19.4 Å². The van der Waals surface area contributed by atoms with Gasteiger partial charge in [0, 0.05) is 5.57 Å². The molecule has 0 unspecified atom stereocenters. The number of hydrogen-bond acceptors (Lipinski definition) is 1. The Morgan fingerprint density at radius 2 is 2.22 bits per heavy atom. The highest BCUT2D eigenvalue weighted by Gasteiger charge is 1.89. The normalized spacial score (nSPS) is 8.44. The number of nitriles is 1. The molecular formula is C8H12N. The van der Waals surface area contributed by atoms with Crippen LogP contribution in [0.5, 0.6) is 0 Å². The molecule has 0 aliphatic rings. The van der Waals surface area contributed by atoms with Gasteiger partial charge in [0.05, 0.1) is 6.07 Å². The minimum atomic E-state index is 0.462. The lowest BCUT2D eigenvalue weighted by Gasteiger charge is -1.92. The minimum Gasteiger partial charge on any atom is -0.193 e. The molecule has 0 spiro atoms. The van der Waals surface area contributed by atoms with Gasteiger partial charge in [-0.15, -0.1) is 0 Å². The van der Waals surface area contributed by atoms with E-state index in [9.17, 15) is 0 Å². The van der Waals surface area contributed by atoms with Gasteiger partial charge in [0.1, 0.15) is 0 Å². The van der Waals surface area contributed by atoms with Crippen LogP contribution in [0.25, 0.3) is 0 Å². The van der Waals surface area contributed by atoms with Crippen molar-refractivity contribution in [3.63, 3.8) is 0 Å². The van der Waals surface area contributed by atoms with Gasteiger partial charge in [-0.2, -0.15) is 5.26 Å². The van der Waals surface area contributed by atoms with Crippen LogP contribution in [-0.4, -0.2) is 0 Å². The lowest BCUT2D eigenvalue weighted by Crippen LogP contribution is -1.77. The molecule has 0 aliphatic heterocycles. The van der Waals surface area contributed by atoms with Crippen molar-refractivity contribution in [3.05, 3.63) is 12.2 Å². The molecule has 0 atom stereocenters. The average molecular weight is 122 g/mol. The highest BCUT2D eigenvalue weighted by Crippen LogP contribution is 2.04. The van der Waals surface area contributed by atoms with Crippen molar-refractivity contribution < 1.29 is 0 Å². The van der Waals surface area contributed by atoms with Crippen molar-refractivity contribution in [3.8, 4) is 6.07 Å². The molecule has 0 saturated heterocycles. The Bertz CT molecular complexity index is 119. The quantitative estimate of drug-likeness (QED) is 0.415. The van der Waals surface area contributed by atoms with Crippen molar-refractivity contribution in [2.75, 3.05) is 0 Å². The van der Waals surface area contributed by atoms with Gasteiger partial charge in [0.25, 0.3) is 0 Å². The van der Waals surface area contributed by atoms with E-state index in [1.54, 1.807) is 0 Å². The van der Waals surface area contributed by atoms with Gasteiger partial charge in [0.2, 0.25) is 0 Å². The molecule has 49 valence electrons. The third-order valence-electron chi connectivity index (χ3n) is 1.19. The largest absolute Gasteiger partial charge is 0.193 e. The first-order valence-corrected chi connectivity index (χ1v) is 3.32. The Morgan fingerprint density at radius 3 is 2.67 bits per heavy atom. The summed E-state index contributed by atoms with van der Waals surface area (Å²) in [5.74, 6) is 0. The van der Waals surface area contributed by atoms with E-state index in [4.69, 9.17) is 11.8 Å². The van der Waals surface area contributed by atoms with Crippen LogP contribution in [0.3, 0.4) is 0 Å². The molecule has 0 saturated carbocycles. The maximum atomic E-state index is 8.22. The highest BCUT2D eigenvalue weighted by atomic mass is 14.2. The van der Waals surface area contributed by atoms with E-state index in [0.29, 0.717) is 5.57 Å². The summed E-state index contributed by atoms with van der Waals surface area (Å²) in [6, 6.07) is 1.92.